The molecule has 7 heteroatoms. The molecule has 3 heterocycles. The van der Waals surface area contributed by atoms with Crippen LogP contribution in [-0.2, 0) is 7.05 Å². The number of anilines is 1. The summed E-state index contributed by atoms with van der Waals surface area (Å²) in [5.74, 6) is 0.403. The van der Waals surface area contributed by atoms with E-state index in [0.29, 0.717) is 12.2 Å². The molecule has 6 nitrogen and oxygen atoms in total. The molecule has 3 aromatic rings. The molecule has 0 aliphatic carbocycles. The van der Waals surface area contributed by atoms with Crippen molar-refractivity contribution in [3.8, 4) is 0 Å². The number of rotatable bonds is 3. The average Bonchev–Trinajstić information content (AvgIpc) is 2.92. The van der Waals surface area contributed by atoms with E-state index in [1.54, 1.807) is 24.7 Å². The van der Waals surface area contributed by atoms with E-state index >= 15 is 0 Å². The van der Waals surface area contributed by atoms with Gasteiger partial charge in [-0.2, -0.15) is 0 Å². The van der Waals surface area contributed by atoms with E-state index in [1.807, 2.05) is 18.5 Å². The normalized spacial score (nSPS) is 17.3. The highest BCUT2D eigenvalue weighted by molar-refractivity contribution is 6.01. The highest BCUT2D eigenvalue weighted by atomic mass is 19.1. The van der Waals surface area contributed by atoms with Crippen LogP contribution in [0.3, 0.4) is 0 Å². The Hall–Kier alpha value is -2.96. The maximum Gasteiger partial charge on any atom is 0.268 e. The first kappa shape index (κ1) is 17.5. The van der Waals surface area contributed by atoms with Crippen LogP contribution >= 0.6 is 0 Å². The number of fused-ring (bicyclic) bond motifs is 1. The number of carbonyl (C=O) groups is 1. The summed E-state index contributed by atoms with van der Waals surface area (Å²) in [4.78, 5) is 23.6. The molecule has 0 bridgehead atoms. The number of hydrogen-bond donors (Lipinski definition) is 1. The lowest BCUT2D eigenvalue weighted by atomic mass is 10.1. The number of halogens is 1. The number of piperidine rings is 1. The van der Waals surface area contributed by atoms with Gasteiger partial charge in [0.2, 0.25) is 0 Å². The van der Waals surface area contributed by atoms with E-state index in [2.05, 4.69) is 20.2 Å². The lowest BCUT2D eigenvalue weighted by Gasteiger charge is -2.33. The van der Waals surface area contributed by atoms with Crippen LogP contribution in [0.2, 0.25) is 0 Å². The summed E-state index contributed by atoms with van der Waals surface area (Å²) in [5, 5.41) is 3.92. The molecule has 1 aromatic carbocycles. The molecule has 1 atom stereocenters. The Kier molecular flexibility index (Phi) is 4.51. The van der Waals surface area contributed by atoms with Crippen molar-refractivity contribution in [3.05, 3.63) is 53.9 Å². The molecule has 1 aliphatic rings. The first-order valence-electron chi connectivity index (χ1n) is 9.11. The third-order valence-electron chi connectivity index (χ3n) is 5.26. The summed E-state index contributed by atoms with van der Waals surface area (Å²) >= 11 is 0. The van der Waals surface area contributed by atoms with E-state index in [0.717, 1.165) is 41.7 Å². The first-order chi connectivity index (χ1) is 13.0. The fraction of sp³-hybridized carbons (Fsp3) is 0.350. The van der Waals surface area contributed by atoms with E-state index < -0.39 is 0 Å². The molecule has 0 unspecified atom stereocenters. The number of benzene rings is 1. The lowest BCUT2D eigenvalue weighted by Crippen LogP contribution is -2.48. The molecule has 1 aliphatic heterocycles. The quantitative estimate of drug-likeness (QED) is 0.773. The smallest absolute Gasteiger partial charge is 0.268 e. The summed E-state index contributed by atoms with van der Waals surface area (Å²) in [5.41, 5.74) is 2.22. The Morgan fingerprint density at radius 1 is 1.33 bits per heavy atom. The standard InChI is InChI=1S/C20H22FN5O/c1-13-16-10-14(21)5-6-17(16)25(2)19(13)20(27)24-15-4-3-9-26(12-15)18-11-22-7-8-23-18/h5-8,10-11,15H,3-4,9,12H2,1-2H3,(H,24,27)/t15-/m0/s1. The van der Waals surface area contributed by atoms with Crippen molar-refractivity contribution >= 4 is 22.6 Å². The molecular formula is C20H22FN5O. The van der Waals surface area contributed by atoms with Crippen molar-refractivity contribution in [2.24, 2.45) is 7.05 Å². The van der Waals surface area contributed by atoms with Gasteiger partial charge in [0.15, 0.2) is 0 Å². The van der Waals surface area contributed by atoms with Gasteiger partial charge in [-0.1, -0.05) is 0 Å². The molecule has 1 amide bonds. The fourth-order valence-corrected chi connectivity index (χ4v) is 3.93. The van der Waals surface area contributed by atoms with Crippen molar-refractivity contribution in [1.82, 2.24) is 19.9 Å². The predicted molar refractivity (Wildman–Crippen MR) is 102 cm³/mol. The van der Waals surface area contributed by atoms with Gasteiger partial charge in [0.1, 0.15) is 17.3 Å². The monoisotopic (exact) mass is 367 g/mol. The topological polar surface area (TPSA) is 63.1 Å². The zero-order valence-corrected chi connectivity index (χ0v) is 15.4. The Balaban J connectivity index is 1.55. The van der Waals surface area contributed by atoms with Gasteiger partial charge in [0.25, 0.3) is 5.91 Å². The predicted octanol–water partition coefficient (Wildman–Crippen LogP) is 2.81. The van der Waals surface area contributed by atoms with Crippen LogP contribution in [0.5, 0.6) is 0 Å². The van der Waals surface area contributed by atoms with Gasteiger partial charge in [-0.15, -0.1) is 0 Å². The minimum absolute atomic E-state index is 0.0300. The number of amides is 1. The Morgan fingerprint density at radius 3 is 2.96 bits per heavy atom. The number of carbonyl (C=O) groups excluding carboxylic acids is 1. The third-order valence-corrected chi connectivity index (χ3v) is 5.26. The molecule has 4 rings (SSSR count). The van der Waals surface area contributed by atoms with Gasteiger partial charge in [-0.05, 0) is 43.5 Å². The van der Waals surface area contributed by atoms with Crippen molar-refractivity contribution in [2.75, 3.05) is 18.0 Å². The van der Waals surface area contributed by atoms with Crippen LogP contribution in [0.15, 0.2) is 36.8 Å². The van der Waals surface area contributed by atoms with Crippen molar-refractivity contribution < 1.29 is 9.18 Å². The van der Waals surface area contributed by atoms with E-state index in [9.17, 15) is 9.18 Å². The van der Waals surface area contributed by atoms with Crippen LogP contribution in [-0.4, -0.2) is 39.6 Å². The maximum absolute atomic E-state index is 13.6. The van der Waals surface area contributed by atoms with Crippen LogP contribution in [0.25, 0.3) is 10.9 Å². The van der Waals surface area contributed by atoms with Crippen molar-refractivity contribution in [1.29, 1.82) is 0 Å². The summed E-state index contributed by atoms with van der Waals surface area (Å²) < 4.78 is 15.4. The van der Waals surface area contributed by atoms with Crippen LogP contribution < -0.4 is 10.2 Å². The van der Waals surface area contributed by atoms with E-state index in [1.165, 1.54) is 12.1 Å². The zero-order chi connectivity index (χ0) is 19.0. The molecule has 1 saturated heterocycles. The third kappa shape index (κ3) is 3.25. The molecule has 1 N–H and O–H groups in total. The Bertz CT molecular complexity index is 985. The second kappa shape index (κ2) is 6.98. The summed E-state index contributed by atoms with van der Waals surface area (Å²) in [6, 6.07) is 4.65. The Morgan fingerprint density at radius 2 is 2.19 bits per heavy atom. The zero-order valence-electron chi connectivity index (χ0n) is 15.4. The second-order valence-electron chi connectivity index (χ2n) is 7.02. The molecule has 1 fully saturated rings. The molecule has 0 saturated carbocycles. The number of nitrogens with zero attached hydrogens (tertiary/aromatic N) is 4. The maximum atomic E-state index is 13.6. The average molecular weight is 367 g/mol. The highest BCUT2D eigenvalue weighted by Gasteiger charge is 2.25. The van der Waals surface area contributed by atoms with E-state index in [4.69, 9.17) is 0 Å². The van der Waals surface area contributed by atoms with Gasteiger partial charge in [0.05, 0.1) is 6.20 Å². The lowest BCUT2D eigenvalue weighted by molar-refractivity contribution is 0.0924. The van der Waals surface area contributed by atoms with Crippen molar-refractivity contribution in [2.45, 2.75) is 25.8 Å². The van der Waals surface area contributed by atoms with Gasteiger partial charge >= 0.3 is 0 Å². The number of aromatic nitrogens is 3. The summed E-state index contributed by atoms with van der Waals surface area (Å²) in [7, 11) is 1.84. The number of hydrogen-bond acceptors (Lipinski definition) is 4. The molecule has 0 radical (unpaired) electrons. The SMILES string of the molecule is Cc1c(C(=O)N[C@H]2CCCN(c3cnccn3)C2)n(C)c2ccc(F)cc12. The molecule has 140 valence electrons. The largest absolute Gasteiger partial charge is 0.353 e. The summed E-state index contributed by atoms with van der Waals surface area (Å²) in [6.45, 7) is 3.46. The second-order valence-corrected chi connectivity index (χ2v) is 7.02. The highest BCUT2D eigenvalue weighted by Crippen LogP contribution is 2.26. The summed E-state index contributed by atoms with van der Waals surface area (Å²) in [6.07, 6.45) is 6.96. The Labute approximate surface area is 157 Å². The first-order valence-corrected chi connectivity index (χ1v) is 9.11. The molecular weight excluding hydrogens is 345 g/mol. The van der Waals surface area contributed by atoms with E-state index in [-0.39, 0.29) is 17.8 Å². The number of nitrogens with one attached hydrogen (secondary N) is 1. The minimum Gasteiger partial charge on any atom is -0.353 e. The van der Waals surface area contributed by atoms with Crippen LogP contribution in [0.4, 0.5) is 10.2 Å². The molecule has 0 spiro atoms. The van der Waals surface area contributed by atoms with Gasteiger partial charge in [-0.25, -0.2) is 9.37 Å². The van der Waals surface area contributed by atoms with Gasteiger partial charge in [-0.3, -0.25) is 9.78 Å². The fourth-order valence-electron chi connectivity index (χ4n) is 3.93. The number of aryl methyl sites for hydroxylation is 2. The molecule has 2 aromatic heterocycles. The van der Waals surface area contributed by atoms with Gasteiger partial charge in [0, 0.05) is 49.5 Å². The van der Waals surface area contributed by atoms with Gasteiger partial charge < -0.3 is 14.8 Å². The minimum atomic E-state index is -0.296. The molecule has 27 heavy (non-hydrogen) atoms. The van der Waals surface area contributed by atoms with Crippen molar-refractivity contribution in [3.63, 3.8) is 0 Å². The van der Waals surface area contributed by atoms with Crippen LogP contribution in [0.1, 0.15) is 28.9 Å². The van der Waals surface area contributed by atoms with Crippen LogP contribution in [0, 0.1) is 12.7 Å².